The number of aliphatic hydroxyl groups excluding tert-OH is 1. The van der Waals surface area contributed by atoms with Gasteiger partial charge >= 0.3 is 5.97 Å². The number of aromatic amines is 2. The first-order valence-corrected chi connectivity index (χ1v) is 13.9. The molecule has 10 N–H and O–H groups in total. The van der Waals surface area contributed by atoms with Crippen molar-refractivity contribution < 1.29 is 34.5 Å². The Bertz CT molecular complexity index is 1580. The van der Waals surface area contributed by atoms with E-state index in [0.29, 0.717) is 16.8 Å². The highest BCUT2D eigenvalue weighted by Crippen LogP contribution is 2.19. The largest absolute Gasteiger partial charge is 0.508 e. The lowest BCUT2D eigenvalue weighted by molar-refractivity contribution is -0.143. The number of nitrogens with two attached hydrogens (primary N) is 1. The summed E-state index contributed by atoms with van der Waals surface area (Å²) in [7, 11) is 0. The van der Waals surface area contributed by atoms with Gasteiger partial charge in [0, 0.05) is 48.3 Å². The zero-order valence-electron chi connectivity index (χ0n) is 23.9. The molecule has 0 fully saturated rings. The van der Waals surface area contributed by atoms with Crippen LogP contribution in [0.4, 0.5) is 0 Å². The number of phenolic OH excluding ortho intramolecular Hbond substituents is 1. The minimum Gasteiger partial charge on any atom is -0.508 e. The van der Waals surface area contributed by atoms with Crippen LogP contribution in [0.3, 0.4) is 0 Å². The van der Waals surface area contributed by atoms with Gasteiger partial charge in [-0.3, -0.25) is 14.4 Å². The third-order valence-electron chi connectivity index (χ3n) is 7.12. The predicted octanol–water partition coefficient (Wildman–Crippen LogP) is -0.128. The quantitative estimate of drug-likeness (QED) is 0.0929. The molecule has 4 rings (SSSR count). The number of amides is 3. The normalized spacial score (nSPS) is 14.6. The van der Waals surface area contributed by atoms with Gasteiger partial charge < -0.3 is 47.0 Å². The number of carboxylic acid groups (broad SMARTS) is 1. The monoisotopic (exact) mass is 605 g/mol. The summed E-state index contributed by atoms with van der Waals surface area (Å²) < 4.78 is 0. The van der Waals surface area contributed by atoms with Crippen molar-refractivity contribution in [2.24, 2.45) is 5.73 Å². The minimum atomic E-state index is -1.55. The fourth-order valence-corrected chi connectivity index (χ4v) is 4.72. The maximum atomic E-state index is 13.6. The third-order valence-corrected chi connectivity index (χ3v) is 7.12. The summed E-state index contributed by atoms with van der Waals surface area (Å²) in [6, 6.07) is 8.01. The number of nitrogens with one attached hydrogen (secondary N) is 5. The van der Waals surface area contributed by atoms with E-state index in [1.807, 2.05) is 24.3 Å². The van der Waals surface area contributed by atoms with Crippen molar-refractivity contribution in [3.05, 3.63) is 84.1 Å². The van der Waals surface area contributed by atoms with Crippen LogP contribution in [0.5, 0.6) is 5.75 Å². The summed E-state index contributed by atoms with van der Waals surface area (Å²) in [4.78, 5) is 61.7. The SMILES string of the molecule is CC(O)C(NC(=O)C(Cc1c[nH]c2ccccc12)NC(=O)C(N)Cc1cnc[nH]1)C(=O)NC(Cc1ccc(O)cc1)C(=O)O. The topological polar surface area (TPSA) is 236 Å². The molecule has 2 heterocycles. The molecular formula is C30H35N7O7. The van der Waals surface area contributed by atoms with Crippen molar-refractivity contribution in [3.8, 4) is 5.75 Å². The van der Waals surface area contributed by atoms with E-state index >= 15 is 0 Å². The number of phenols is 1. The molecule has 0 aliphatic rings. The zero-order valence-corrected chi connectivity index (χ0v) is 23.9. The average Bonchev–Trinajstić information content (AvgIpc) is 3.66. The van der Waals surface area contributed by atoms with E-state index in [9.17, 15) is 34.5 Å². The first-order chi connectivity index (χ1) is 21.0. The first-order valence-electron chi connectivity index (χ1n) is 13.9. The van der Waals surface area contributed by atoms with Gasteiger partial charge in [-0.05, 0) is 36.2 Å². The fraction of sp³-hybridized carbons (Fsp3) is 0.300. The van der Waals surface area contributed by atoms with Gasteiger partial charge in [-0.25, -0.2) is 9.78 Å². The predicted molar refractivity (Wildman–Crippen MR) is 159 cm³/mol. The molecule has 232 valence electrons. The van der Waals surface area contributed by atoms with Crippen molar-refractivity contribution in [3.63, 3.8) is 0 Å². The second kappa shape index (κ2) is 14.3. The number of aromatic hydroxyl groups is 1. The molecule has 0 saturated carbocycles. The Balaban J connectivity index is 1.51. The standard InChI is InChI=1S/C30H35N7O7/c1-16(38)26(29(42)36-25(30(43)44)10-17-6-8-20(39)9-7-17)37-28(41)24(11-18-13-33-23-5-3-2-4-21(18)23)35-27(40)22(31)12-19-14-32-15-34-19/h2-9,13-16,22,24-26,33,38-39H,10-12,31H2,1H3,(H,32,34)(H,35,40)(H,36,42)(H,37,41)(H,43,44). The van der Waals surface area contributed by atoms with Crippen LogP contribution in [-0.4, -0.2) is 84.2 Å². The summed E-state index contributed by atoms with van der Waals surface area (Å²) in [6.07, 6.45) is 3.30. The lowest BCUT2D eigenvalue weighted by Gasteiger charge is -2.26. The summed E-state index contributed by atoms with van der Waals surface area (Å²) in [5.74, 6) is -3.69. The Morgan fingerprint density at radius 1 is 0.886 bits per heavy atom. The molecule has 0 aliphatic carbocycles. The van der Waals surface area contributed by atoms with Crippen LogP contribution >= 0.6 is 0 Å². The number of nitrogens with zero attached hydrogens (tertiary/aromatic N) is 1. The number of aromatic nitrogens is 3. The smallest absolute Gasteiger partial charge is 0.326 e. The number of hydrogen-bond acceptors (Lipinski definition) is 8. The molecule has 0 saturated heterocycles. The van der Waals surface area contributed by atoms with Gasteiger partial charge in [0.15, 0.2) is 0 Å². The van der Waals surface area contributed by atoms with E-state index in [4.69, 9.17) is 5.73 Å². The average molecular weight is 606 g/mol. The molecule has 44 heavy (non-hydrogen) atoms. The molecule has 0 spiro atoms. The number of para-hydroxylation sites is 1. The van der Waals surface area contributed by atoms with Crippen LogP contribution in [0.2, 0.25) is 0 Å². The number of carbonyl (C=O) groups is 4. The Morgan fingerprint density at radius 2 is 1.59 bits per heavy atom. The number of rotatable bonds is 14. The van der Waals surface area contributed by atoms with Crippen molar-refractivity contribution in [2.45, 2.75) is 56.5 Å². The number of hydrogen-bond donors (Lipinski definition) is 9. The Morgan fingerprint density at radius 3 is 2.25 bits per heavy atom. The van der Waals surface area contributed by atoms with Gasteiger partial charge in [-0.1, -0.05) is 30.3 Å². The van der Waals surface area contributed by atoms with Crippen molar-refractivity contribution >= 4 is 34.6 Å². The van der Waals surface area contributed by atoms with E-state index in [0.717, 1.165) is 10.9 Å². The molecule has 0 bridgehead atoms. The third kappa shape index (κ3) is 8.20. The molecule has 5 unspecified atom stereocenters. The Kier molecular flexibility index (Phi) is 10.3. The number of benzene rings is 2. The molecular weight excluding hydrogens is 570 g/mol. The first kappa shape index (κ1) is 31.7. The van der Waals surface area contributed by atoms with Gasteiger partial charge in [0.25, 0.3) is 0 Å². The van der Waals surface area contributed by atoms with Gasteiger partial charge in [0.2, 0.25) is 17.7 Å². The van der Waals surface area contributed by atoms with Crippen LogP contribution in [0.15, 0.2) is 67.3 Å². The molecule has 0 radical (unpaired) electrons. The van der Waals surface area contributed by atoms with E-state index in [-0.39, 0.29) is 25.0 Å². The highest BCUT2D eigenvalue weighted by molar-refractivity contribution is 5.95. The molecule has 4 aromatic rings. The lowest BCUT2D eigenvalue weighted by atomic mass is 10.0. The Hall–Kier alpha value is -5.21. The van der Waals surface area contributed by atoms with Crippen LogP contribution in [0.25, 0.3) is 10.9 Å². The van der Waals surface area contributed by atoms with Crippen LogP contribution in [0.1, 0.15) is 23.7 Å². The maximum absolute atomic E-state index is 13.6. The summed E-state index contributed by atoms with van der Waals surface area (Å²) >= 11 is 0. The second-order valence-electron chi connectivity index (χ2n) is 10.5. The van der Waals surface area contributed by atoms with E-state index < -0.39 is 54.0 Å². The highest BCUT2D eigenvalue weighted by atomic mass is 16.4. The number of aliphatic carboxylic acids is 1. The number of fused-ring (bicyclic) bond motifs is 1. The fourth-order valence-electron chi connectivity index (χ4n) is 4.72. The summed E-state index contributed by atoms with van der Waals surface area (Å²) in [5, 5.41) is 38.0. The summed E-state index contributed by atoms with van der Waals surface area (Å²) in [6.45, 7) is 1.27. The molecule has 14 heteroatoms. The molecule has 2 aromatic heterocycles. The van der Waals surface area contributed by atoms with Crippen molar-refractivity contribution in [2.75, 3.05) is 0 Å². The Labute approximate surface area is 252 Å². The molecule has 2 aromatic carbocycles. The minimum absolute atomic E-state index is 0.00177. The van der Waals surface area contributed by atoms with Crippen LogP contribution < -0.4 is 21.7 Å². The number of aliphatic hydroxyl groups is 1. The number of imidazole rings is 1. The highest BCUT2D eigenvalue weighted by Gasteiger charge is 2.33. The summed E-state index contributed by atoms with van der Waals surface area (Å²) in [5.41, 5.74) is 8.78. The van der Waals surface area contributed by atoms with E-state index in [1.165, 1.54) is 43.7 Å². The maximum Gasteiger partial charge on any atom is 0.326 e. The molecule has 3 amide bonds. The molecule has 14 nitrogen and oxygen atoms in total. The van der Waals surface area contributed by atoms with E-state index in [2.05, 4.69) is 30.9 Å². The second-order valence-corrected chi connectivity index (χ2v) is 10.5. The lowest BCUT2D eigenvalue weighted by Crippen LogP contribution is -2.60. The van der Waals surface area contributed by atoms with E-state index in [1.54, 1.807) is 6.20 Å². The molecule has 0 aliphatic heterocycles. The number of H-pyrrole nitrogens is 2. The van der Waals surface area contributed by atoms with Crippen molar-refractivity contribution in [1.82, 2.24) is 30.9 Å². The van der Waals surface area contributed by atoms with Gasteiger partial charge in [-0.15, -0.1) is 0 Å². The number of carboxylic acids is 1. The van der Waals surface area contributed by atoms with Gasteiger partial charge in [0.05, 0.1) is 18.5 Å². The number of carbonyl (C=O) groups excluding carboxylic acids is 3. The van der Waals surface area contributed by atoms with Crippen LogP contribution in [0, 0.1) is 0 Å². The van der Waals surface area contributed by atoms with Crippen LogP contribution in [-0.2, 0) is 38.4 Å². The zero-order chi connectivity index (χ0) is 31.8. The van der Waals surface area contributed by atoms with Crippen molar-refractivity contribution in [1.29, 1.82) is 0 Å². The van der Waals surface area contributed by atoms with Gasteiger partial charge in [-0.2, -0.15) is 0 Å². The van der Waals surface area contributed by atoms with Gasteiger partial charge in [0.1, 0.15) is 23.9 Å². The molecule has 5 atom stereocenters.